The van der Waals surface area contributed by atoms with Crippen molar-refractivity contribution in [1.29, 1.82) is 0 Å². The van der Waals surface area contributed by atoms with Gasteiger partial charge in [-0.15, -0.1) is 0 Å². The van der Waals surface area contributed by atoms with Crippen LogP contribution in [0.15, 0.2) is 54.6 Å². The SMILES string of the molecule is O=C(CC(Cc1ccccc1)NC(=O)[C@@H]1CCCN1)N[C@@H](Cc1ccc(O)cc1)C(=O)N1CCC[C@H]1C(=O)O. The molecule has 1 unspecified atom stereocenters. The highest BCUT2D eigenvalue weighted by atomic mass is 16.4. The van der Waals surface area contributed by atoms with Crippen LogP contribution >= 0.6 is 0 Å². The number of carbonyl (C=O) groups is 4. The maximum atomic E-state index is 13.5. The molecule has 4 rings (SSSR count). The van der Waals surface area contributed by atoms with Crippen molar-refractivity contribution < 1.29 is 29.4 Å². The van der Waals surface area contributed by atoms with E-state index in [0.717, 1.165) is 24.9 Å². The highest BCUT2D eigenvalue weighted by Gasteiger charge is 2.38. The quantitative estimate of drug-likeness (QED) is 0.291. The Bertz CT molecular complexity index is 1150. The number of carboxylic acids is 1. The van der Waals surface area contributed by atoms with Gasteiger partial charge >= 0.3 is 5.97 Å². The Kier molecular flexibility index (Phi) is 9.54. The lowest BCUT2D eigenvalue weighted by molar-refractivity contribution is -0.149. The maximum absolute atomic E-state index is 13.5. The van der Waals surface area contributed by atoms with Crippen LogP contribution in [0.3, 0.4) is 0 Å². The van der Waals surface area contributed by atoms with Crippen LogP contribution in [0.5, 0.6) is 5.75 Å². The molecule has 0 spiro atoms. The molecule has 2 heterocycles. The van der Waals surface area contributed by atoms with E-state index in [0.29, 0.717) is 31.4 Å². The highest BCUT2D eigenvalue weighted by molar-refractivity contribution is 5.91. The van der Waals surface area contributed by atoms with E-state index >= 15 is 0 Å². The molecule has 2 aromatic carbocycles. The van der Waals surface area contributed by atoms with E-state index in [1.54, 1.807) is 12.1 Å². The molecule has 0 aliphatic carbocycles. The second kappa shape index (κ2) is 13.2. The van der Waals surface area contributed by atoms with Gasteiger partial charge in [0.25, 0.3) is 0 Å². The summed E-state index contributed by atoms with van der Waals surface area (Å²) in [6.07, 6.45) is 3.11. The van der Waals surface area contributed by atoms with Crippen molar-refractivity contribution in [2.45, 2.75) is 69.1 Å². The second-order valence-corrected chi connectivity index (χ2v) is 10.3. The number of phenols is 1. The fourth-order valence-corrected chi connectivity index (χ4v) is 5.32. The van der Waals surface area contributed by atoms with Crippen molar-refractivity contribution in [3.8, 4) is 5.75 Å². The third-order valence-corrected chi connectivity index (χ3v) is 7.31. The average molecular weight is 537 g/mol. The maximum Gasteiger partial charge on any atom is 0.326 e. The number of likely N-dealkylation sites (tertiary alicyclic amines) is 1. The first-order valence-electron chi connectivity index (χ1n) is 13.5. The van der Waals surface area contributed by atoms with Crippen LogP contribution < -0.4 is 16.0 Å². The average Bonchev–Trinajstić information content (AvgIpc) is 3.63. The minimum atomic E-state index is -1.07. The van der Waals surface area contributed by atoms with E-state index in [-0.39, 0.29) is 30.5 Å². The first kappa shape index (κ1) is 28.1. The van der Waals surface area contributed by atoms with Gasteiger partial charge in [-0.2, -0.15) is 0 Å². The number of amides is 3. The molecule has 2 aliphatic heterocycles. The number of nitrogens with one attached hydrogen (secondary N) is 3. The summed E-state index contributed by atoms with van der Waals surface area (Å²) in [4.78, 5) is 52.8. The van der Waals surface area contributed by atoms with E-state index < -0.39 is 35.9 Å². The molecule has 0 saturated carbocycles. The molecule has 10 heteroatoms. The molecule has 2 saturated heterocycles. The van der Waals surface area contributed by atoms with E-state index in [1.807, 2.05) is 30.3 Å². The largest absolute Gasteiger partial charge is 0.508 e. The first-order valence-corrected chi connectivity index (χ1v) is 13.5. The summed E-state index contributed by atoms with van der Waals surface area (Å²) in [6, 6.07) is 13.2. The Morgan fingerprint density at radius 3 is 2.31 bits per heavy atom. The Morgan fingerprint density at radius 2 is 1.64 bits per heavy atom. The van der Waals surface area contributed by atoms with Crippen LogP contribution in [0.4, 0.5) is 0 Å². The van der Waals surface area contributed by atoms with E-state index in [9.17, 15) is 29.4 Å². The second-order valence-electron chi connectivity index (χ2n) is 10.3. The molecule has 10 nitrogen and oxygen atoms in total. The van der Waals surface area contributed by atoms with Gasteiger partial charge in [0, 0.05) is 25.4 Å². The zero-order valence-corrected chi connectivity index (χ0v) is 21.8. The zero-order valence-electron chi connectivity index (χ0n) is 21.8. The van der Waals surface area contributed by atoms with Gasteiger partial charge in [-0.1, -0.05) is 42.5 Å². The topological polar surface area (TPSA) is 148 Å². The van der Waals surface area contributed by atoms with Crippen LogP contribution in [0.2, 0.25) is 0 Å². The Morgan fingerprint density at radius 1 is 0.923 bits per heavy atom. The number of aromatic hydroxyl groups is 1. The minimum Gasteiger partial charge on any atom is -0.508 e. The van der Waals surface area contributed by atoms with Crippen LogP contribution in [0.1, 0.15) is 43.2 Å². The van der Waals surface area contributed by atoms with Gasteiger partial charge in [-0.25, -0.2) is 4.79 Å². The molecule has 4 atom stereocenters. The summed E-state index contributed by atoms with van der Waals surface area (Å²) >= 11 is 0. The Balaban J connectivity index is 1.49. The van der Waals surface area contributed by atoms with Gasteiger partial charge in [0.15, 0.2) is 0 Å². The monoisotopic (exact) mass is 536 g/mol. The summed E-state index contributed by atoms with van der Waals surface area (Å²) in [5, 5.41) is 28.2. The molecular formula is C29H36N4O6. The molecule has 0 bridgehead atoms. The van der Waals surface area contributed by atoms with Crippen molar-refractivity contribution in [2.24, 2.45) is 0 Å². The lowest BCUT2D eigenvalue weighted by Gasteiger charge is -2.28. The van der Waals surface area contributed by atoms with Gasteiger partial charge < -0.3 is 31.1 Å². The molecule has 2 aromatic rings. The Hall–Kier alpha value is -3.92. The number of carboxylic acid groups (broad SMARTS) is 1. The number of hydrogen-bond acceptors (Lipinski definition) is 6. The van der Waals surface area contributed by atoms with Gasteiger partial charge in [0.1, 0.15) is 17.8 Å². The number of aliphatic carboxylic acids is 1. The third kappa shape index (κ3) is 7.79. The lowest BCUT2D eigenvalue weighted by atomic mass is 10.0. The van der Waals surface area contributed by atoms with E-state index in [4.69, 9.17) is 0 Å². The van der Waals surface area contributed by atoms with Crippen molar-refractivity contribution in [1.82, 2.24) is 20.9 Å². The molecule has 0 radical (unpaired) electrons. The summed E-state index contributed by atoms with van der Waals surface area (Å²) < 4.78 is 0. The summed E-state index contributed by atoms with van der Waals surface area (Å²) in [5.74, 6) is -2.02. The highest BCUT2D eigenvalue weighted by Crippen LogP contribution is 2.20. The van der Waals surface area contributed by atoms with Crippen LogP contribution in [0.25, 0.3) is 0 Å². The molecular weight excluding hydrogens is 500 g/mol. The van der Waals surface area contributed by atoms with Crippen LogP contribution in [0, 0.1) is 0 Å². The fraction of sp³-hybridized carbons (Fsp3) is 0.448. The number of hydrogen-bond donors (Lipinski definition) is 5. The standard InChI is InChI=1S/C29H36N4O6/c34-22-12-10-20(11-13-22)17-24(28(37)33-15-5-9-25(33)29(38)39)32-26(35)18-21(16-19-6-2-1-3-7-19)31-27(36)23-8-4-14-30-23/h1-3,6-7,10-13,21,23-25,30,34H,4-5,8-9,14-18H2,(H,31,36)(H,32,35)(H,38,39)/t21?,23-,24-,25-/m0/s1. The third-order valence-electron chi connectivity index (χ3n) is 7.31. The number of nitrogens with zero attached hydrogens (tertiary/aromatic N) is 1. The molecule has 2 aliphatic rings. The molecule has 208 valence electrons. The predicted molar refractivity (Wildman–Crippen MR) is 144 cm³/mol. The summed E-state index contributed by atoms with van der Waals surface area (Å²) in [5.41, 5.74) is 1.67. The molecule has 39 heavy (non-hydrogen) atoms. The number of phenolic OH excluding ortho intramolecular Hbond substituents is 1. The molecule has 3 amide bonds. The molecule has 0 aromatic heterocycles. The molecule has 5 N–H and O–H groups in total. The summed E-state index contributed by atoms with van der Waals surface area (Å²) in [6.45, 7) is 1.08. The van der Waals surface area contributed by atoms with E-state index in [2.05, 4.69) is 16.0 Å². The lowest BCUT2D eigenvalue weighted by Crippen LogP contribution is -2.54. The van der Waals surface area contributed by atoms with Crippen LogP contribution in [-0.2, 0) is 32.0 Å². The summed E-state index contributed by atoms with van der Waals surface area (Å²) in [7, 11) is 0. The smallest absolute Gasteiger partial charge is 0.326 e. The van der Waals surface area contributed by atoms with Gasteiger partial charge in [-0.05, 0) is 61.9 Å². The Labute approximate surface area is 227 Å². The van der Waals surface area contributed by atoms with Gasteiger partial charge in [-0.3, -0.25) is 14.4 Å². The van der Waals surface area contributed by atoms with Crippen molar-refractivity contribution in [3.05, 3.63) is 65.7 Å². The van der Waals surface area contributed by atoms with Crippen molar-refractivity contribution in [3.63, 3.8) is 0 Å². The van der Waals surface area contributed by atoms with Crippen molar-refractivity contribution in [2.75, 3.05) is 13.1 Å². The minimum absolute atomic E-state index is 0.0466. The van der Waals surface area contributed by atoms with Crippen LogP contribution in [-0.4, -0.2) is 76.1 Å². The fourth-order valence-electron chi connectivity index (χ4n) is 5.32. The van der Waals surface area contributed by atoms with E-state index in [1.165, 1.54) is 17.0 Å². The number of carbonyl (C=O) groups excluding carboxylic acids is 3. The molecule has 2 fully saturated rings. The predicted octanol–water partition coefficient (Wildman–Crippen LogP) is 1.36. The number of rotatable bonds is 11. The van der Waals surface area contributed by atoms with Gasteiger partial charge in [0.2, 0.25) is 17.7 Å². The number of benzene rings is 2. The normalized spacial score (nSPS) is 20.3. The first-order chi connectivity index (χ1) is 18.8. The van der Waals surface area contributed by atoms with Gasteiger partial charge in [0.05, 0.1) is 6.04 Å². The zero-order chi connectivity index (χ0) is 27.8. The van der Waals surface area contributed by atoms with Crippen molar-refractivity contribution >= 4 is 23.7 Å².